The van der Waals surface area contributed by atoms with Crippen molar-refractivity contribution in [1.29, 1.82) is 0 Å². The second-order valence-corrected chi connectivity index (χ2v) is 16.1. The van der Waals surface area contributed by atoms with Gasteiger partial charge in [-0.3, -0.25) is 4.55 Å². The monoisotopic (exact) mass is 948 g/mol. The Hall–Kier alpha value is -5.90. The zero-order chi connectivity index (χ0) is 46.1. The molecule has 0 aliphatic rings. The lowest BCUT2D eigenvalue weighted by Gasteiger charge is -2.25. The molecule has 5 aromatic rings. The minimum Gasteiger partial charge on any atom is -0.494 e. The summed E-state index contributed by atoms with van der Waals surface area (Å²) in [6.45, 7) is 10.5. The largest absolute Gasteiger partial charge is 0.494 e. The molecule has 0 spiro atoms. The Labute approximate surface area is 373 Å². The van der Waals surface area contributed by atoms with Crippen LogP contribution in [0.15, 0.2) is 78.6 Å². The average Bonchev–Trinajstić information content (AvgIpc) is 3.97. The fourth-order valence-electron chi connectivity index (χ4n) is 5.93. The molecular weight excluding hydrogens is 901 g/mol. The molecule has 2 aromatic carbocycles. The summed E-state index contributed by atoms with van der Waals surface area (Å²) in [5, 5.41) is 48.1. The van der Waals surface area contributed by atoms with Crippen LogP contribution in [0.2, 0.25) is 0 Å². The number of nitrogens with zero attached hydrogens (tertiary/aromatic N) is 10. The maximum Gasteiger partial charge on any atom is 0.425 e. The van der Waals surface area contributed by atoms with Gasteiger partial charge in [-0.25, -0.2) is 0 Å². The summed E-state index contributed by atoms with van der Waals surface area (Å²) in [6.07, 6.45) is 0. The van der Waals surface area contributed by atoms with Crippen LogP contribution in [0.25, 0.3) is 0 Å². The molecule has 63 heavy (non-hydrogen) atoms. The Kier molecular flexibility index (Phi) is 19.0. The number of aliphatic hydroxyl groups excluding tert-OH is 2. The number of azo groups is 2. The maximum atomic E-state index is 12.0. The van der Waals surface area contributed by atoms with Crippen molar-refractivity contribution < 1.29 is 45.3 Å². The topological polar surface area (TPSA) is 286 Å². The van der Waals surface area contributed by atoms with Gasteiger partial charge in [0.1, 0.15) is 32.8 Å². The van der Waals surface area contributed by atoms with Gasteiger partial charge in [-0.2, -0.15) is 23.4 Å². The molecule has 0 atom stereocenters. The standard InChI is InChI=1S/C37H48N12O7S3.O3S/c1-7-47(8-2)28-20-24(26(22-30(28)55-5)43-45-33-12-11-18-57-33)38-35-40-36(42-37(41-35)49(14-16-50)15-17-51)39-25-21-29(48(9-3)10-4)31(56-6)23-27(25)44-46-34-32(13-19-58-34)59(52,53)54;1-4(2)3/h11-13,18-23,50-51H,7-10,14-17H2,1-6H3,(H,52,53,54)(H2,38,39,40,41,42);. The van der Waals surface area contributed by atoms with Crippen molar-refractivity contribution in [3.05, 3.63) is 53.2 Å². The van der Waals surface area contributed by atoms with Gasteiger partial charge < -0.3 is 45.0 Å². The molecule has 5 rings (SSSR count). The smallest absolute Gasteiger partial charge is 0.425 e. The Bertz CT molecular complexity index is 2540. The summed E-state index contributed by atoms with van der Waals surface area (Å²) < 4.78 is 70.7. The summed E-state index contributed by atoms with van der Waals surface area (Å²) in [4.78, 5) is 19.6. The molecule has 0 saturated heterocycles. The highest BCUT2D eigenvalue weighted by molar-refractivity contribution is 7.86. The second kappa shape index (κ2) is 24.1. The third-order valence-corrected chi connectivity index (χ3v) is 11.4. The van der Waals surface area contributed by atoms with E-state index in [2.05, 4.69) is 45.9 Å². The van der Waals surface area contributed by atoms with E-state index in [1.54, 1.807) is 30.2 Å². The van der Waals surface area contributed by atoms with Crippen molar-refractivity contribution in [1.82, 2.24) is 15.0 Å². The van der Waals surface area contributed by atoms with Crippen molar-refractivity contribution in [2.75, 3.05) is 92.0 Å². The predicted molar refractivity (Wildman–Crippen MR) is 242 cm³/mol. The van der Waals surface area contributed by atoms with Crippen LogP contribution in [-0.4, -0.2) is 117 Å². The minimum atomic E-state index is -4.56. The van der Waals surface area contributed by atoms with Crippen LogP contribution in [0.1, 0.15) is 27.7 Å². The highest BCUT2D eigenvalue weighted by Crippen LogP contribution is 2.43. The Balaban J connectivity index is 0.00000209. The minimum absolute atomic E-state index is 0.0292. The average molecular weight is 949 g/mol. The first-order chi connectivity index (χ1) is 30.2. The molecule has 0 bridgehead atoms. The fourth-order valence-corrected chi connectivity index (χ4v) is 8.13. The van der Waals surface area contributed by atoms with Gasteiger partial charge in [0.2, 0.25) is 17.8 Å². The molecular formula is C37H48N12O10S4. The van der Waals surface area contributed by atoms with Crippen molar-refractivity contribution in [2.45, 2.75) is 32.6 Å². The van der Waals surface area contributed by atoms with Crippen LogP contribution >= 0.6 is 22.7 Å². The van der Waals surface area contributed by atoms with Crippen LogP contribution < -0.4 is 34.8 Å². The number of aromatic nitrogens is 3. The van der Waals surface area contributed by atoms with Gasteiger partial charge in [0.05, 0.1) is 50.2 Å². The molecule has 0 fully saturated rings. The summed E-state index contributed by atoms with van der Waals surface area (Å²) in [5.74, 6) is 1.31. The van der Waals surface area contributed by atoms with Gasteiger partial charge in [0.25, 0.3) is 10.1 Å². The van der Waals surface area contributed by atoms with Gasteiger partial charge in [-0.1, -0.05) is 0 Å². The number of nitrogens with one attached hydrogen (secondary N) is 2. The molecule has 0 aliphatic carbocycles. The molecule has 3 aromatic heterocycles. The van der Waals surface area contributed by atoms with E-state index in [9.17, 15) is 23.2 Å². The molecule has 5 N–H and O–H groups in total. The molecule has 340 valence electrons. The van der Waals surface area contributed by atoms with Crippen molar-refractivity contribution in [3.63, 3.8) is 0 Å². The number of rotatable bonds is 22. The molecule has 0 saturated carbocycles. The fraction of sp³-hybridized carbons (Fsp3) is 0.378. The second-order valence-electron chi connectivity index (χ2n) is 12.5. The molecule has 0 radical (unpaired) electrons. The molecule has 3 heterocycles. The van der Waals surface area contributed by atoms with Gasteiger partial charge in [0, 0.05) is 51.4 Å². The van der Waals surface area contributed by atoms with Gasteiger partial charge in [0.15, 0.2) is 5.00 Å². The highest BCUT2D eigenvalue weighted by Gasteiger charge is 2.22. The Morgan fingerprint density at radius 2 is 1.19 bits per heavy atom. The molecule has 0 unspecified atom stereocenters. The first kappa shape index (κ1) is 49.8. The van der Waals surface area contributed by atoms with Crippen LogP contribution in [-0.2, 0) is 20.7 Å². The maximum absolute atomic E-state index is 12.0. The summed E-state index contributed by atoms with van der Waals surface area (Å²) in [6, 6.07) is 12.1. The van der Waals surface area contributed by atoms with Crippen LogP contribution in [0.5, 0.6) is 11.5 Å². The first-order valence-corrected chi connectivity index (χ1v) is 23.3. The van der Waals surface area contributed by atoms with Crippen LogP contribution in [0, 0.1) is 0 Å². The van der Waals surface area contributed by atoms with Crippen LogP contribution in [0.4, 0.5) is 62.0 Å². The van der Waals surface area contributed by atoms with E-state index >= 15 is 0 Å². The van der Waals surface area contributed by atoms with Gasteiger partial charge in [-0.15, -0.1) is 55.8 Å². The van der Waals surface area contributed by atoms with Crippen molar-refractivity contribution in [2.24, 2.45) is 20.5 Å². The summed E-state index contributed by atoms with van der Waals surface area (Å²) in [7, 11) is -4.56. The van der Waals surface area contributed by atoms with E-state index in [0.717, 1.165) is 17.0 Å². The normalized spacial score (nSPS) is 11.3. The molecule has 0 aliphatic heterocycles. The molecule has 0 amide bonds. The van der Waals surface area contributed by atoms with E-state index < -0.39 is 20.7 Å². The number of ether oxygens (including phenoxy) is 2. The number of hydrogen-bond donors (Lipinski definition) is 5. The zero-order valence-corrected chi connectivity index (χ0v) is 38.4. The predicted octanol–water partition coefficient (Wildman–Crippen LogP) is 7.06. The molecule has 26 heteroatoms. The van der Waals surface area contributed by atoms with E-state index in [4.69, 9.17) is 32.1 Å². The number of aliphatic hydroxyl groups is 2. The zero-order valence-electron chi connectivity index (χ0n) is 35.2. The molecule has 22 nitrogen and oxygen atoms in total. The van der Waals surface area contributed by atoms with E-state index in [1.165, 1.54) is 29.9 Å². The van der Waals surface area contributed by atoms with Crippen molar-refractivity contribution >= 4 is 105 Å². The first-order valence-electron chi connectivity index (χ1n) is 19.1. The number of anilines is 7. The van der Waals surface area contributed by atoms with E-state index in [1.807, 2.05) is 51.3 Å². The highest BCUT2D eigenvalue weighted by atomic mass is 32.2. The number of thiophene rings is 2. The van der Waals surface area contributed by atoms with Gasteiger partial charge >= 0.3 is 10.6 Å². The van der Waals surface area contributed by atoms with Crippen molar-refractivity contribution in [3.8, 4) is 11.5 Å². The third-order valence-electron chi connectivity index (χ3n) is 8.84. The number of hydrogen-bond acceptors (Lipinski definition) is 23. The Morgan fingerprint density at radius 3 is 1.60 bits per heavy atom. The summed E-state index contributed by atoms with van der Waals surface area (Å²) >= 11 is 2.42. The lowest BCUT2D eigenvalue weighted by atomic mass is 10.2. The SMILES string of the molecule is CCN(CC)c1cc(Nc2nc(Nc3cc(N(CC)CC)c(OC)cc3N=Nc3sccc3S(=O)(=O)O)nc(N(CCO)CCO)n2)c(N=Nc2cccs2)cc1OC.O=S(=O)=O. The van der Waals surface area contributed by atoms with E-state index in [-0.39, 0.29) is 59.7 Å². The summed E-state index contributed by atoms with van der Waals surface area (Å²) in [5.41, 5.74) is 3.03. The third kappa shape index (κ3) is 13.8. The van der Waals surface area contributed by atoms with Gasteiger partial charge in [-0.05, 0) is 68.8 Å². The lowest BCUT2D eigenvalue weighted by molar-refractivity contribution is 0.280. The lowest BCUT2D eigenvalue weighted by Crippen LogP contribution is -2.31. The Morgan fingerprint density at radius 1 is 0.698 bits per heavy atom. The number of methoxy groups -OCH3 is 2. The van der Waals surface area contributed by atoms with E-state index in [0.29, 0.717) is 65.4 Å². The quantitative estimate of drug-likeness (QED) is 0.0343. The van der Waals surface area contributed by atoms with Crippen LogP contribution in [0.3, 0.4) is 0 Å². The number of benzene rings is 2.